The van der Waals surface area contributed by atoms with E-state index in [9.17, 15) is 4.79 Å². The Labute approximate surface area is 141 Å². The van der Waals surface area contributed by atoms with Gasteiger partial charge in [0.15, 0.2) is 11.5 Å². The first kappa shape index (κ1) is 17.5. The van der Waals surface area contributed by atoms with Gasteiger partial charge >= 0.3 is 0 Å². The van der Waals surface area contributed by atoms with Crippen LogP contribution in [0.25, 0.3) is 0 Å². The van der Waals surface area contributed by atoms with E-state index in [1.165, 1.54) is 0 Å². The summed E-state index contributed by atoms with van der Waals surface area (Å²) in [5, 5.41) is 5.90. The predicted octanol–water partition coefficient (Wildman–Crippen LogP) is 3.07. The third-order valence-corrected chi connectivity index (χ3v) is 3.46. The van der Waals surface area contributed by atoms with E-state index in [1.807, 2.05) is 25.1 Å². The number of carbonyl (C=O) groups excluding carboxylic acids is 1. The van der Waals surface area contributed by atoms with Crippen molar-refractivity contribution in [2.24, 2.45) is 0 Å². The number of hydrogen-bond donors (Lipinski definition) is 2. The van der Waals surface area contributed by atoms with E-state index in [0.717, 1.165) is 11.3 Å². The van der Waals surface area contributed by atoms with E-state index in [-0.39, 0.29) is 12.5 Å². The van der Waals surface area contributed by atoms with Crippen molar-refractivity contribution in [2.45, 2.75) is 6.92 Å². The first-order chi connectivity index (χ1) is 11.6. The molecule has 0 radical (unpaired) electrons. The van der Waals surface area contributed by atoms with Gasteiger partial charge in [0.25, 0.3) is 0 Å². The molecule has 0 bridgehead atoms. The minimum absolute atomic E-state index is 0.119. The molecule has 2 N–H and O–H groups in total. The number of rotatable bonds is 7. The van der Waals surface area contributed by atoms with E-state index >= 15 is 0 Å². The third-order valence-electron chi connectivity index (χ3n) is 3.46. The summed E-state index contributed by atoms with van der Waals surface area (Å²) >= 11 is 0. The van der Waals surface area contributed by atoms with E-state index in [2.05, 4.69) is 10.6 Å². The SMILES string of the molecule is COc1ccc(C)cc1NCC(=O)Nc1ccc(OC)c(OC)c1. The van der Waals surface area contributed by atoms with Crippen LogP contribution < -0.4 is 24.8 Å². The van der Waals surface area contributed by atoms with Gasteiger partial charge in [0.2, 0.25) is 5.91 Å². The molecule has 0 atom stereocenters. The molecule has 24 heavy (non-hydrogen) atoms. The fraction of sp³-hybridized carbons (Fsp3) is 0.278. The van der Waals surface area contributed by atoms with Gasteiger partial charge < -0.3 is 24.8 Å². The molecular formula is C18H22N2O4. The van der Waals surface area contributed by atoms with Gasteiger partial charge in [-0.15, -0.1) is 0 Å². The van der Waals surface area contributed by atoms with Gasteiger partial charge in [-0.05, 0) is 36.8 Å². The Morgan fingerprint density at radius 2 is 1.58 bits per heavy atom. The van der Waals surface area contributed by atoms with Crippen molar-refractivity contribution < 1.29 is 19.0 Å². The van der Waals surface area contributed by atoms with Crippen LogP contribution in [0.5, 0.6) is 17.2 Å². The second kappa shape index (κ2) is 8.10. The fourth-order valence-corrected chi connectivity index (χ4v) is 2.25. The normalized spacial score (nSPS) is 10.0. The highest BCUT2D eigenvalue weighted by Crippen LogP contribution is 2.29. The summed E-state index contributed by atoms with van der Waals surface area (Å²) in [6.07, 6.45) is 0. The molecule has 0 unspecified atom stereocenters. The smallest absolute Gasteiger partial charge is 0.243 e. The number of benzene rings is 2. The van der Waals surface area contributed by atoms with Crippen LogP contribution in [-0.2, 0) is 4.79 Å². The van der Waals surface area contributed by atoms with Crippen molar-refractivity contribution in [1.82, 2.24) is 0 Å². The molecule has 2 aromatic carbocycles. The van der Waals surface area contributed by atoms with Crippen LogP contribution in [0.3, 0.4) is 0 Å². The maximum Gasteiger partial charge on any atom is 0.243 e. The van der Waals surface area contributed by atoms with Gasteiger partial charge in [-0.3, -0.25) is 4.79 Å². The van der Waals surface area contributed by atoms with Crippen LogP contribution >= 0.6 is 0 Å². The Bertz CT molecular complexity index is 716. The topological polar surface area (TPSA) is 68.8 Å². The number of carbonyl (C=O) groups is 1. The van der Waals surface area contributed by atoms with Crippen LogP contribution in [0, 0.1) is 6.92 Å². The highest BCUT2D eigenvalue weighted by molar-refractivity contribution is 5.94. The minimum Gasteiger partial charge on any atom is -0.495 e. The molecule has 0 aliphatic heterocycles. The Morgan fingerprint density at radius 1 is 0.917 bits per heavy atom. The summed E-state index contributed by atoms with van der Waals surface area (Å²) in [6.45, 7) is 2.10. The summed E-state index contributed by atoms with van der Waals surface area (Å²) in [5.41, 5.74) is 2.49. The monoisotopic (exact) mass is 330 g/mol. The van der Waals surface area contributed by atoms with Gasteiger partial charge in [0, 0.05) is 11.8 Å². The number of methoxy groups -OCH3 is 3. The van der Waals surface area contributed by atoms with Crippen molar-refractivity contribution in [1.29, 1.82) is 0 Å². The van der Waals surface area contributed by atoms with Gasteiger partial charge in [0.05, 0.1) is 33.6 Å². The molecule has 0 spiro atoms. The van der Waals surface area contributed by atoms with Crippen LogP contribution in [0.4, 0.5) is 11.4 Å². The first-order valence-corrected chi connectivity index (χ1v) is 7.47. The number of amides is 1. The average Bonchev–Trinajstić information content (AvgIpc) is 2.60. The molecule has 2 aromatic rings. The van der Waals surface area contributed by atoms with Crippen LogP contribution in [0.2, 0.25) is 0 Å². The van der Waals surface area contributed by atoms with Crippen molar-refractivity contribution in [3.8, 4) is 17.2 Å². The molecule has 6 nitrogen and oxygen atoms in total. The van der Waals surface area contributed by atoms with Crippen molar-refractivity contribution in [2.75, 3.05) is 38.5 Å². The van der Waals surface area contributed by atoms with E-state index in [0.29, 0.717) is 22.9 Å². The summed E-state index contributed by atoms with van der Waals surface area (Å²) in [4.78, 5) is 12.1. The number of nitrogens with one attached hydrogen (secondary N) is 2. The summed E-state index contributed by atoms with van der Waals surface area (Å²) in [6, 6.07) is 11.0. The maximum atomic E-state index is 12.1. The molecule has 0 saturated carbocycles. The molecule has 0 aliphatic carbocycles. The molecule has 0 fully saturated rings. The number of anilines is 2. The van der Waals surface area contributed by atoms with Crippen molar-refractivity contribution in [3.63, 3.8) is 0 Å². The quantitative estimate of drug-likeness (QED) is 0.816. The average molecular weight is 330 g/mol. The van der Waals surface area contributed by atoms with Gasteiger partial charge in [-0.2, -0.15) is 0 Å². The Morgan fingerprint density at radius 3 is 2.25 bits per heavy atom. The molecule has 0 heterocycles. The van der Waals surface area contributed by atoms with Crippen molar-refractivity contribution >= 4 is 17.3 Å². The predicted molar refractivity (Wildman–Crippen MR) is 94.4 cm³/mol. The van der Waals surface area contributed by atoms with Gasteiger partial charge in [-0.25, -0.2) is 0 Å². The second-order valence-electron chi connectivity index (χ2n) is 5.18. The van der Waals surface area contributed by atoms with Crippen molar-refractivity contribution in [3.05, 3.63) is 42.0 Å². The van der Waals surface area contributed by atoms with Crippen LogP contribution in [0.15, 0.2) is 36.4 Å². The highest BCUT2D eigenvalue weighted by Gasteiger charge is 2.09. The maximum absolute atomic E-state index is 12.1. The molecule has 2 rings (SSSR count). The summed E-state index contributed by atoms with van der Waals surface area (Å²) in [5.74, 6) is 1.69. The minimum atomic E-state index is -0.175. The van der Waals surface area contributed by atoms with Gasteiger partial charge in [-0.1, -0.05) is 6.07 Å². The molecule has 128 valence electrons. The zero-order chi connectivity index (χ0) is 17.5. The van der Waals surface area contributed by atoms with E-state index < -0.39 is 0 Å². The zero-order valence-corrected chi connectivity index (χ0v) is 14.3. The Hall–Kier alpha value is -2.89. The van der Waals surface area contributed by atoms with Gasteiger partial charge in [0.1, 0.15) is 5.75 Å². The first-order valence-electron chi connectivity index (χ1n) is 7.47. The molecule has 0 aliphatic rings. The number of aryl methyl sites for hydroxylation is 1. The lowest BCUT2D eigenvalue weighted by atomic mass is 10.2. The molecule has 6 heteroatoms. The van der Waals surface area contributed by atoms with Crippen LogP contribution in [0.1, 0.15) is 5.56 Å². The van der Waals surface area contributed by atoms with E-state index in [1.54, 1.807) is 39.5 Å². The Kier molecular flexibility index (Phi) is 5.89. The largest absolute Gasteiger partial charge is 0.495 e. The summed E-state index contributed by atoms with van der Waals surface area (Å²) < 4.78 is 15.7. The van der Waals surface area contributed by atoms with Crippen LogP contribution in [-0.4, -0.2) is 33.8 Å². The number of ether oxygens (including phenoxy) is 3. The molecule has 1 amide bonds. The second-order valence-corrected chi connectivity index (χ2v) is 5.18. The lowest BCUT2D eigenvalue weighted by Gasteiger charge is -2.13. The summed E-state index contributed by atoms with van der Waals surface area (Å²) in [7, 11) is 4.71. The lowest BCUT2D eigenvalue weighted by molar-refractivity contribution is -0.114. The zero-order valence-electron chi connectivity index (χ0n) is 14.3. The Balaban J connectivity index is 2.00. The molecule has 0 saturated heterocycles. The standard InChI is InChI=1S/C18H22N2O4/c1-12-5-7-15(22-2)14(9-12)19-11-18(21)20-13-6-8-16(23-3)17(10-13)24-4/h5-10,19H,11H2,1-4H3,(H,20,21). The number of hydrogen-bond acceptors (Lipinski definition) is 5. The third kappa shape index (κ3) is 4.32. The van der Waals surface area contributed by atoms with E-state index in [4.69, 9.17) is 14.2 Å². The lowest BCUT2D eigenvalue weighted by Crippen LogP contribution is -2.22. The fourth-order valence-electron chi connectivity index (χ4n) is 2.25. The highest BCUT2D eigenvalue weighted by atomic mass is 16.5. The molecule has 0 aromatic heterocycles. The molecular weight excluding hydrogens is 308 g/mol.